The fourth-order valence-corrected chi connectivity index (χ4v) is 7.35. The highest BCUT2D eigenvalue weighted by molar-refractivity contribution is 6.04. The summed E-state index contributed by atoms with van der Waals surface area (Å²) in [5, 5.41) is 3.09. The summed E-state index contributed by atoms with van der Waals surface area (Å²) in [6.45, 7) is 4.48. The zero-order chi connectivity index (χ0) is 21.5. The lowest BCUT2D eigenvalue weighted by atomic mass is 9.48. The van der Waals surface area contributed by atoms with E-state index >= 15 is 0 Å². The molecule has 1 heterocycles. The Morgan fingerprint density at radius 1 is 0.875 bits per heavy atom. The van der Waals surface area contributed by atoms with Gasteiger partial charge in [0, 0.05) is 30.9 Å². The van der Waals surface area contributed by atoms with E-state index in [4.69, 9.17) is 4.74 Å². The lowest BCUT2D eigenvalue weighted by Crippen LogP contribution is -2.48. The van der Waals surface area contributed by atoms with Crippen LogP contribution in [0, 0.1) is 17.8 Å². The van der Waals surface area contributed by atoms with Gasteiger partial charge in [0.2, 0.25) is 0 Å². The molecular weight excluding hydrogens is 396 g/mol. The van der Waals surface area contributed by atoms with Gasteiger partial charge in [0.1, 0.15) is 0 Å². The molecule has 32 heavy (non-hydrogen) atoms. The predicted molar refractivity (Wildman–Crippen MR) is 127 cm³/mol. The molecule has 4 bridgehead atoms. The number of benzene rings is 2. The third-order valence-electron chi connectivity index (χ3n) is 8.52. The Morgan fingerprint density at radius 3 is 2.06 bits per heavy atom. The number of rotatable bonds is 5. The van der Waals surface area contributed by atoms with Crippen molar-refractivity contribution in [3.8, 4) is 0 Å². The molecule has 4 saturated carbocycles. The number of carbonyl (C=O) groups excluding carboxylic acids is 1. The third kappa shape index (κ3) is 3.99. The number of amides is 1. The van der Waals surface area contributed by atoms with Crippen LogP contribution in [0.4, 0.5) is 5.69 Å². The molecule has 1 aliphatic heterocycles. The van der Waals surface area contributed by atoms with E-state index in [2.05, 4.69) is 46.6 Å². The molecule has 0 unspecified atom stereocenters. The molecule has 168 valence electrons. The molecule has 4 nitrogen and oxygen atoms in total. The Morgan fingerprint density at radius 2 is 1.47 bits per heavy atom. The minimum atomic E-state index is -0.0366. The van der Waals surface area contributed by atoms with E-state index in [-0.39, 0.29) is 5.91 Å². The molecule has 1 amide bonds. The van der Waals surface area contributed by atoms with E-state index in [1.807, 2.05) is 12.1 Å². The Labute approximate surface area is 191 Å². The van der Waals surface area contributed by atoms with Crippen LogP contribution in [0.15, 0.2) is 48.5 Å². The minimum Gasteiger partial charge on any atom is -0.379 e. The highest BCUT2D eigenvalue weighted by Gasteiger charge is 2.51. The van der Waals surface area contributed by atoms with Crippen molar-refractivity contribution in [3.05, 3.63) is 65.2 Å². The lowest BCUT2D eigenvalue weighted by molar-refractivity contribution is -0.00518. The van der Waals surface area contributed by atoms with Crippen LogP contribution in [-0.4, -0.2) is 37.1 Å². The van der Waals surface area contributed by atoms with Gasteiger partial charge in [-0.25, -0.2) is 0 Å². The average molecular weight is 431 g/mol. The first-order valence-corrected chi connectivity index (χ1v) is 12.5. The van der Waals surface area contributed by atoms with Crippen molar-refractivity contribution in [2.24, 2.45) is 17.8 Å². The molecule has 5 aliphatic rings. The second kappa shape index (κ2) is 8.31. The van der Waals surface area contributed by atoms with Gasteiger partial charge in [-0.05, 0) is 97.1 Å². The van der Waals surface area contributed by atoms with Crippen LogP contribution in [-0.2, 0) is 16.7 Å². The zero-order valence-corrected chi connectivity index (χ0v) is 18.9. The van der Waals surface area contributed by atoms with Crippen LogP contribution in [0.3, 0.4) is 0 Å². The summed E-state index contributed by atoms with van der Waals surface area (Å²) in [4.78, 5) is 15.2. The first kappa shape index (κ1) is 20.4. The molecule has 0 aromatic heterocycles. The maximum Gasteiger partial charge on any atom is 0.255 e. The molecule has 1 N–H and O–H groups in total. The monoisotopic (exact) mass is 430 g/mol. The van der Waals surface area contributed by atoms with Gasteiger partial charge in [0.15, 0.2) is 0 Å². The number of morpholine rings is 1. The summed E-state index contributed by atoms with van der Waals surface area (Å²) in [6.07, 6.45) is 8.54. The molecule has 2 aromatic carbocycles. The summed E-state index contributed by atoms with van der Waals surface area (Å²) in [6, 6.07) is 16.8. The van der Waals surface area contributed by atoms with Gasteiger partial charge in [-0.3, -0.25) is 9.69 Å². The van der Waals surface area contributed by atoms with Crippen LogP contribution >= 0.6 is 0 Å². The van der Waals surface area contributed by atoms with Crippen LogP contribution in [0.1, 0.15) is 60.0 Å². The van der Waals surface area contributed by atoms with Crippen LogP contribution in [0.5, 0.6) is 0 Å². The summed E-state index contributed by atoms with van der Waals surface area (Å²) in [5.74, 6) is 2.82. The summed E-state index contributed by atoms with van der Waals surface area (Å²) >= 11 is 0. The quantitative estimate of drug-likeness (QED) is 0.705. The number of hydrogen-bond acceptors (Lipinski definition) is 3. The molecule has 0 atom stereocenters. The maximum atomic E-state index is 12.8. The SMILES string of the molecule is O=C(Nc1ccc(C23CC4CC(CC(C4)C2)C3)cc1)c1ccc(CN2CCOCC2)cc1. The maximum absolute atomic E-state index is 12.8. The van der Waals surface area contributed by atoms with Gasteiger partial charge >= 0.3 is 0 Å². The molecule has 0 spiro atoms. The molecule has 4 heteroatoms. The van der Waals surface area contributed by atoms with Crippen molar-refractivity contribution < 1.29 is 9.53 Å². The molecule has 7 rings (SSSR count). The normalized spacial score (nSPS) is 31.6. The highest BCUT2D eigenvalue weighted by Crippen LogP contribution is 2.60. The van der Waals surface area contributed by atoms with Gasteiger partial charge in [0.05, 0.1) is 13.2 Å². The topological polar surface area (TPSA) is 41.6 Å². The first-order valence-electron chi connectivity index (χ1n) is 12.5. The molecular formula is C28H34N2O2. The van der Waals surface area contributed by atoms with Gasteiger partial charge in [-0.1, -0.05) is 24.3 Å². The van der Waals surface area contributed by atoms with Crippen molar-refractivity contribution in [2.75, 3.05) is 31.6 Å². The standard InChI is InChI=1S/C28H34N2O2/c31-27(24-3-1-20(2-4-24)19-30-9-11-32-12-10-30)29-26-7-5-25(6-8-26)28-16-21-13-22(17-28)15-23(14-21)18-28/h1-8,21-23H,9-19H2,(H,29,31). The lowest BCUT2D eigenvalue weighted by Gasteiger charge is -2.57. The first-order chi connectivity index (χ1) is 15.6. The number of nitrogens with one attached hydrogen (secondary N) is 1. The Bertz CT molecular complexity index is 925. The Balaban J connectivity index is 1.09. The Kier molecular flexibility index (Phi) is 5.31. The molecule has 5 fully saturated rings. The van der Waals surface area contributed by atoms with E-state index in [1.165, 1.54) is 49.7 Å². The van der Waals surface area contributed by atoms with Crippen LogP contribution in [0.25, 0.3) is 0 Å². The molecule has 1 saturated heterocycles. The van der Waals surface area contributed by atoms with Gasteiger partial charge < -0.3 is 10.1 Å². The number of hydrogen-bond donors (Lipinski definition) is 1. The summed E-state index contributed by atoms with van der Waals surface area (Å²) in [5.41, 5.74) is 4.75. The van der Waals surface area contributed by atoms with E-state index in [1.54, 1.807) is 0 Å². The number of nitrogens with zero attached hydrogens (tertiary/aromatic N) is 1. The van der Waals surface area contributed by atoms with Crippen molar-refractivity contribution in [3.63, 3.8) is 0 Å². The molecule has 0 radical (unpaired) electrons. The molecule has 4 aliphatic carbocycles. The van der Waals surface area contributed by atoms with E-state index < -0.39 is 0 Å². The number of ether oxygens (including phenoxy) is 1. The highest BCUT2D eigenvalue weighted by atomic mass is 16.5. The Hall–Kier alpha value is -2.17. The predicted octanol–water partition coefficient (Wildman–Crippen LogP) is 5.24. The van der Waals surface area contributed by atoms with Gasteiger partial charge in [-0.2, -0.15) is 0 Å². The minimum absolute atomic E-state index is 0.0366. The van der Waals surface area contributed by atoms with Crippen LogP contribution in [0.2, 0.25) is 0 Å². The number of carbonyl (C=O) groups is 1. The van der Waals surface area contributed by atoms with Crippen molar-refractivity contribution >= 4 is 11.6 Å². The third-order valence-corrected chi connectivity index (χ3v) is 8.52. The molecule has 2 aromatic rings. The van der Waals surface area contributed by atoms with Crippen molar-refractivity contribution in [2.45, 2.75) is 50.5 Å². The second-order valence-corrected chi connectivity index (χ2v) is 10.8. The fraction of sp³-hybridized carbons (Fsp3) is 0.536. The van der Waals surface area contributed by atoms with Crippen molar-refractivity contribution in [1.82, 2.24) is 4.90 Å². The smallest absolute Gasteiger partial charge is 0.255 e. The van der Waals surface area contributed by atoms with Gasteiger partial charge in [0.25, 0.3) is 5.91 Å². The zero-order valence-electron chi connectivity index (χ0n) is 18.9. The largest absolute Gasteiger partial charge is 0.379 e. The van der Waals surface area contributed by atoms with Gasteiger partial charge in [-0.15, -0.1) is 0 Å². The van der Waals surface area contributed by atoms with Crippen molar-refractivity contribution in [1.29, 1.82) is 0 Å². The summed E-state index contributed by atoms with van der Waals surface area (Å²) < 4.78 is 5.42. The van der Waals surface area contributed by atoms with E-state index in [9.17, 15) is 4.79 Å². The second-order valence-electron chi connectivity index (χ2n) is 10.8. The fourth-order valence-electron chi connectivity index (χ4n) is 7.35. The summed E-state index contributed by atoms with van der Waals surface area (Å²) in [7, 11) is 0. The van der Waals surface area contributed by atoms with Crippen LogP contribution < -0.4 is 5.32 Å². The number of anilines is 1. The van der Waals surface area contributed by atoms with E-state index in [0.717, 1.165) is 56.3 Å². The average Bonchev–Trinajstić information content (AvgIpc) is 2.80. The van der Waals surface area contributed by atoms with E-state index in [0.29, 0.717) is 11.0 Å².